The van der Waals surface area contributed by atoms with Crippen molar-refractivity contribution < 1.29 is 14.3 Å². The van der Waals surface area contributed by atoms with Crippen molar-refractivity contribution in [2.75, 3.05) is 18.0 Å². The van der Waals surface area contributed by atoms with Gasteiger partial charge in [-0.1, -0.05) is 24.3 Å². The summed E-state index contributed by atoms with van der Waals surface area (Å²) in [5.74, 6) is 0. The van der Waals surface area contributed by atoms with Gasteiger partial charge in [0.2, 0.25) is 0 Å². The minimum Gasteiger partial charge on any atom is -0.444 e. The zero-order chi connectivity index (χ0) is 18.9. The molecule has 0 aliphatic carbocycles. The average molecular weight is 356 g/mol. The van der Waals surface area contributed by atoms with Gasteiger partial charge in [0, 0.05) is 30.6 Å². The second kappa shape index (κ2) is 6.78. The molecule has 0 aromatic heterocycles. The third-order valence-electron chi connectivity index (χ3n) is 5.30. The van der Waals surface area contributed by atoms with E-state index < -0.39 is 5.60 Å². The van der Waals surface area contributed by atoms with Crippen LogP contribution in [0.15, 0.2) is 36.9 Å². The summed E-state index contributed by atoms with van der Waals surface area (Å²) in [6.45, 7) is 10.8. The van der Waals surface area contributed by atoms with Crippen LogP contribution in [0.25, 0.3) is 0 Å². The highest BCUT2D eigenvalue weighted by Crippen LogP contribution is 2.54. The van der Waals surface area contributed by atoms with Crippen molar-refractivity contribution in [2.45, 2.75) is 57.2 Å². The highest BCUT2D eigenvalue weighted by Gasteiger charge is 2.58. The molecule has 0 radical (unpaired) electrons. The molecule has 5 nitrogen and oxygen atoms in total. The van der Waals surface area contributed by atoms with Crippen LogP contribution >= 0.6 is 0 Å². The summed E-state index contributed by atoms with van der Waals surface area (Å²) < 4.78 is 5.67. The number of nitrogens with zero attached hydrogens (tertiary/aromatic N) is 2. The SMILES string of the molecule is C=CCN1c2ccccc2C2(CCC=O)CCN(C(=O)OC(C)(C)C)[C@H]12. The van der Waals surface area contributed by atoms with Crippen LogP contribution in [0.3, 0.4) is 0 Å². The first-order valence-corrected chi connectivity index (χ1v) is 9.24. The van der Waals surface area contributed by atoms with E-state index in [1.165, 1.54) is 5.56 Å². The van der Waals surface area contributed by atoms with Gasteiger partial charge in [-0.05, 0) is 45.2 Å². The molecule has 0 saturated carbocycles. The Balaban J connectivity index is 2.04. The number of amides is 1. The zero-order valence-electron chi connectivity index (χ0n) is 15.9. The Morgan fingerprint density at radius 1 is 1.38 bits per heavy atom. The molecule has 1 unspecified atom stereocenters. The molecule has 26 heavy (non-hydrogen) atoms. The van der Waals surface area contributed by atoms with Gasteiger partial charge in [0.15, 0.2) is 0 Å². The van der Waals surface area contributed by atoms with Crippen LogP contribution < -0.4 is 4.90 Å². The van der Waals surface area contributed by atoms with E-state index in [4.69, 9.17) is 4.74 Å². The number of ether oxygens (including phenoxy) is 1. The fourth-order valence-corrected chi connectivity index (χ4v) is 4.44. The normalized spacial score (nSPS) is 24.2. The first-order chi connectivity index (χ1) is 12.3. The smallest absolute Gasteiger partial charge is 0.411 e. The Kier molecular flexibility index (Phi) is 4.82. The van der Waals surface area contributed by atoms with E-state index in [1.54, 1.807) is 0 Å². The van der Waals surface area contributed by atoms with Crippen molar-refractivity contribution in [3.8, 4) is 0 Å². The van der Waals surface area contributed by atoms with Gasteiger partial charge in [-0.2, -0.15) is 0 Å². The van der Waals surface area contributed by atoms with E-state index in [0.717, 1.165) is 24.8 Å². The third-order valence-corrected chi connectivity index (χ3v) is 5.30. The molecule has 2 heterocycles. The lowest BCUT2D eigenvalue weighted by atomic mass is 9.75. The van der Waals surface area contributed by atoms with Gasteiger partial charge in [-0.15, -0.1) is 6.58 Å². The molecule has 0 spiro atoms. The lowest BCUT2D eigenvalue weighted by Crippen LogP contribution is -2.53. The van der Waals surface area contributed by atoms with Crippen molar-refractivity contribution in [3.05, 3.63) is 42.5 Å². The molecule has 0 bridgehead atoms. The monoisotopic (exact) mass is 356 g/mol. The fraction of sp³-hybridized carbons (Fsp3) is 0.524. The molecule has 3 rings (SSSR count). The number of fused-ring (bicyclic) bond motifs is 3. The van der Waals surface area contributed by atoms with Crippen LogP contribution in [0.1, 0.15) is 45.6 Å². The number of hydrogen-bond donors (Lipinski definition) is 0. The standard InChI is InChI=1S/C21H28N2O3/c1-5-13-22-17-10-7-6-9-16(17)21(11-8-15-24)12-14-23(18(21)22)19(25)26-20(2,3)4/h5-7,9-10,15,18H,1,8,11-14H2,2-4H3/t18-,21?/m0/s1. The first kappa shape index (κ1) is 18.5. The Morgan fingerprint density at radius 3 is 2.77 bits per heavy atom. The van der Waals surface area contributed by atoms with Crippen molar-refractivity contribution in [1.82, 2.24) is 4.90 Å². The van der Waals surface area contributed by atoms with E-state index in [9.17, 15) is 9.59 Å². The maximum Gasteiger partial charge on any atom is 0.411 e. The Labute approximate surface area is 155 Å². The van der Waals surface area contributed by atoms with Crippen molar-refractivity contribution in [3.63, 3.8) is 0 Å². The molecule has 0 N–H and O–H groups in total. The van der Waals surface area contributed by atoms with E-state index in [2.05, 4.69) is 23.6 Å². The third kappa shape index (κ3) is 3.00. The summed E-state index contributed by atoms with van der Waals surface area (Å²) >= 11 is 0. The van der Waals surface area contributed by atoms with Crippen molar-refractivity contribution in [1.29, 1.82) is 0 Å². The van der Waals surface area contributed by atoms with Gasteiger partial charge < -0.3 is 14.4 Å². The van der Waals surface area contributed by atoms with Crippen molar-refractivity contribution >= 4 is 18.1 Å². The molecule has 1 aromatic rings. The second-order valence-corrected chi connectivity index (χ2v) is 8.12. The largest absolute Gasteiger partial charge is 0.444 e. The number of carbonyl (C=O) groups excluding carboxylic acids is 2. The van der Waals surface area contributed by atoms with Gasteiger partial charge in [-0.25, -0.2) is 4.79 Å². The van der Waals surface area contributed by atoms with E-state index in [1.807, 2.05) is 43.9 Å². The molecule has 2 aliphatic rings. The number of rotatable bonds is 5. The summed E-state index contributed by atoms with van der Waals surface area (Å²) in [5.41, 5.74) is 1.56. The summed E-state index contributed by atoms with van der Waals surface area (Å²) in [4.78, 5) is 28.1. The average Bonchev–Trinajstić information content (AvgIpc) is 3.07. The van der Waals surface area contributed by atoms with Crippen LogP contribution in [0.4, 0.5) is 10.5 Å². The Bertz CT molecular complexity index is 709. The zero-order valence-corrected chi connectivity index (χ0v) is 15.9. The summed E-state index contributed by atoms with van der Waals surface area (Å²) in [6, 6.07) is 8.27. The van der Waals surface area contributed by atoms with Gasteiger partial charge >= 0.3 is 6.09 Å². The molecular formula is C21H28N2O3. The van der Waals surface area contributed by atoms with Crippen molar-refractivity contribution in [2.24, 2.45) is 0 Å². The minimum absolute atomic E-state index is 0.146. The topological polar surface area (TPSA) is 49.9 Å². The molecular weight excluding hydrogens is 328 g/mol. The lowest BCUT2D eigenvalue weighted by molar-refractivity contribution is -0.108. The number of para-hydroxylation sites is 1. The lowest BCUT2D eigenvalue weighted by Gasteiger charge is -2.38. The van der Waals surface area contributed by atoms with Crippen LogP contribution in [0, 0.1) is 0 Å². The molecule has 140 valence electrons. The number of anilines is 1. The highest BCUT2D eigenvalue weighted by atomic mass is 16.6. The van der Waals surface area contributed by atoms with Gasteiger partial charge in [0.1, 0.15) is 18.1 Å². The van der Waals surface area contributed by atoms with Gasteiger partial charge in [-0.3, -0.25) is 4.90 Å². The van der Waals surface area contributed by atoms with Crippen LogP contribution in [0.2, 0.25) is 0 Å². The Morgan fingerprint density at radius 2 is 2.12 bits per heavy atom. The van der Waals surface area contributed by atoms with Crippen LogP contribution in [0.5, 0.6) is 0 Å². The summed E-state index contributed by atoms with van der Waals surface area (Å²) in [5, 5.41) is 0. The highest BCUT2D eigenvalue weighted by molar-refractivity contribution is 5.74. The van der Waals surface area contributed by atoms with E-state index >= 15 is 0 Å². The molecule has 5 heteroatoms. The predicted octanol–water partition coefficient (Wildman–Crippen LogP) is 3.88. The van der Waals surface area contributed by atoms with Gasteiger partial charge in [0.25, 0.3) is 0 Å². The Hall–Kier alpha value is -2.30. The number of hydrogen-bond acceptors (Lipinski definition) is 4. The van der Waals surface area contributed by atoms with Gasteiger partial charge in [0.05, 0.1) is 0 Å². The van der Waals surface area contributed by atoms with Crippen LogP contribution in [-0.2, 0) is 14.9 Å². The minimum atomic E-state index is -0.542. The maximum absolute atomic E-state index is 12.9. The number of likely N-dealkylation sites (tertiary alicyclic amines) is 1. The molecule has 1 aromatic carbocycles. The quantitative estimate of drug-likeness (QED) is 0.593. The molecule has 1 amide bonds. The molecule has 2 atom stereocenters. The fourth-order valence-electron chi connectivity index (χ4n) is 4.44. The first-order valence-electron chi connectivity index (χ1n) is 9.24. The second-order valence-electron chi connectivity index (χ2n) is 8.12. The number of aldehydes is 1. The number of benzene rings is 1. The van der Waals surface area contributed by atoms with E-state index in [-0.39, 0.29) is 17.7 Å². The summed E-state index contributed by atoms with van der Waals surface area (Å²) in [7, 11) is 0. The number of carbonyl (C=O) groups is 2. The summed E-state index contributed by atoms with van der Waals surface area (Å²) in [6.07, 6.45) is 4.43. The molecule has 1 saturated heterocycles. The van der Waals surface area contributed by atoms with E-state index in [0.29, 0.717) is 19.5 Å². The molecule has 2 aliphatic heterocycles. The molecule has 1 fully saturated rings. The maximum atomic E-state index is 12.9. The van der Waals surface area contributed by atoms with Crippen LogP contribution in [-0.4, -0.2) is 42.1 Å². The predicted molar refractivity (Wildman–Crippen MR) is 102 cm³/mol.